The fraction of sp³-hybridized carbons (Fsp3) is 0.333. The number of nitrogens with one attached hydrogen (secondary N) is 1. The highest BCUT2D eigenvalue weighted by Gasteiger charge is 2.34. The molecule has 33 heavy (non-hydrogen) atoms. The van der Waals surface area contributed by atoms with Gasteiger partial charge in [0.15, 0.2) is 5.76 Å². The largest absolute Gasteiger partial charge is 0.496 e. The maximum absolute atomic E-state index is 13.7. The number of rotatable bonds is 8. The molecule has 1 N–H and O–H groups in total. The summed E-state index contributed by atoms with van der Waals surface area (Å²) >= 11 is 0. The first-order chi connectivity index (χ1) is 16.2. The van der Waals surface area contributed by atoms with Crippen molar-refractivity contribution in [1.82, 2.24) is 10.2 Å². The van der Waals surface area contributed by atoms with Crippen LogP contribution in [0.3, 0.4) is 0 Å². The van der Waals surface area contributed by atoms with Crippen molar-refractivity contribution in [3.63, 3.8) is 0 Å². The number of hydrogen-bond acceptors (Lipinski definition) is 4. The van der Waals surface area contributed by atoms with Crippen molar-refractivity contribution in [2.45, 2.75) is 50.7 Å². The summed E-state index contributed by atoms with van der Waals surface area (Å²) in [6.07, 6.45) is 6.81. The van der Waals surface area contributed by atoms with Crippen molar-refractivity contribution in [3.8, 4) is 5.75 Å². The Morgan fingerprint density at radius 1 is 1.00 bits per heavy atom. The number of benzene rings is 2. The highest BCUT2D eigenvalue weighted by atomic mass is 16.5. The smallest absolute Gasteiger partial charge is 0.290 e. The van der Waals surface area contributed by atoms with E-state index in [-0.39, 0.29) is 30.2 Å². The third-order valence-corrected chi connectivity index (χ3v) is 6.15. The van der Waals surface area contributed by atoms with Gasteiger partial charge in [-0.05, 0) is 36.6 Å². The summed E-state index contributed by atoms with van der Waals surface area (Å²) in [7, 11) is 1.60. The lowest BCUT2D eigenvalue weighted by molar-refractivity contribution is -0.127. The van der Waals surface area contributed by atoms with Crippen molar-refractivity contribution in [3.05, 3.63) is 89.9 Å². The zero-order valence-corrected chi connectivity index (χ0v) is 18.9. The van der Waals surface area contributed by atoms with Crippen molar-refractivity contribution in [2.75, 3.05) is 7.11 Å². The summed E-state index contributed by atoms with van der Waals surface area (Å²) in [5.41, 5.74) is 1.56. The van der Waals surface area contributed by atoms with E-state index in [9.17, 15) is 9.59 Å². The molecule has 1 heterocycles. The van der Waals surface area contributed by atoms with Gasteiger partial charge in [-0.3, -0.25) is 9.59 Å². The van der Waals surface area contributed by atoms with Crippen LogP contribution in [0.1, 0.15) is 59.8 Å². The Hall–Kier alpha value is -3.54. The second-order valence-electron chi connectivity index (χ2n) is 8.38. The zero-order chi connectivity index (χ0) is 23.0. The van der Waals surface area contributed by atoms with E-state index in [2.05, 4.69) is 5.32 Å². The summed E-state index contributed by atoms with van der Waals surface area (Å²) in [4.78, 5) is 28.9. The number of nitrogens with zero attached hydrogens (tertiary/aromatic N) is 1. The van der Waals surface area contributed by atoms with Gasteiger partial charge in [0.25, 0.3) is 5.91 Å². The number of furan rings is 1. The quantitative estimate of drug-likeness (QED) is 0.521. The topological polar surface area (TPSA) is 71.8 Å². The molecule has 0 saturated heterocycles. The van der Waals surface area contributed by atoms with Gasteiger partial charge in [-0.2, -0.15) is 0 Å². The first-order valence-electron chi connectivity index (χ1n) is 11.5. The lowest BCUT2D eigenvalue weighted by Gasteiger charge is -2.33. The van der Waals surface area contributed by atoms with Gasteiger partial charge in [0.1, 0.15) is 11.8 Å². The molecule has 1 aromatic heterocycles. The first kappa shape index (κ1) is 22.6. The van der Waals surface area contributed by atoms with Crippen LogP contribution in [0.5, 0.6) is 5.75 Å². The Kier molecular flexibility index (Phi) is 7.45. The molecule has 3 aromatic rings. The van der Waals surface area contributed by atoms with Crippen molar-refractivity contribution in [1.29, 1.82) is 0 Å². The second-order valence-corrected chi connectivity index (χ2v) is 8.38. The Morgan fingerprint density at radius 3 is 2.42 bits per heavy atom. The second kappa shape index (κ2) is 10.9. The van der Waals surface area contributed by atoms with E-state index in [4.69, 9.17) is 9.15 Å². The molecule has 6 heteroatoms. The van der Waals surface area contributed by atoms with E-state index in [1.54, 1.807) is 24.1 Å². The Labute approximate surface area is 194 Å². The van der Waals surface area contributed by atoms with Crippen LogP contribution in [-0.2, 0) is 11.3 Å². The minimum absolute atomic E-state index is 0.129. The van der Waals surface area contributed by atoms with Crippen LogP contribution in [-0.4, -0.2) is 29.9 Å². The van der Waals surface area contributed by atoms with Gasteiger partial charge >= 0.3 is 0 Å². The lowest BCUT2D eigenvalue weighted by atomic mass is 9.94. The third-order valence-electron chi connectivity index (χ3n) is 6.15. The molecule has 1 saturated carbocycles. The standard InChI is InChI=1S/C27H30N2O4/c1-32-23-16-9-8-13-21(23)19-29(27(31)24-17-10-18-33-24)25(20-11-4-2-5-12-20)26(30)28-22-14-6-3-7-15-22/h2,4-5,8-13,16-18,22,25H,3,6-7,14-15,19H2,1H3,(H,28,30). The minimum atomic E-state index is -0.810. The monoisotopic (exact) mass is 446 g/mol. The SMILES string of the molecule is COc1ccccc1CN(C(=O)c1ccco1)C(C(=O)NC1CCCCC1)c1ccccc1. The number of carbonyl (C=O) groups is 2. The van der Waals surface area contributed by atoms with Crippen molar-refractivity contribution < 1.29 is 18.7 Å². The molecule has 0 spiro atoms. The molecule has 1 unspecified atom stereocenters. The minimum Gasteiger partial charge on any atom is -0.496 e. The number of carbonyl (C=O) groups excluding carboxylic acids is 2. The molecule has 0 radical (unpaired) electrons. The highest BCUT2D eigenvalue weighted by molar-refractivity contribution is 5.96. The molecule has 172 valence electrons. The molecular weight excluding hydrogens is 416 g/mol. The molecule has 0 bridgehead atoms. The molecule has 1 aliphatic carbocycles. The summed E-state index contributed by atoms with van der Waals surface area (Å²) in [6.45, 7) is 0.196. The van der Waals surface area contributed by atoms with E-state index in [0.717, 1.165) is 36.8 Å². The highest BCUT2D eigenvalue weighted by Crippen LogP contribution is 2.29. The van der Waals surface area contributed by atoms with Crippen LogP contribution >= 0.6 is 0 Å². The predicted octanol–water partition coefficient (Wildman–Crippen LogP) is 5.12. The number of amides is 2. The van der Waals surface area contributed by atoms with Gasteiger partial charge in [-0.25, -0.2) is 0 Å². The molecule has 2 aromatic carbocycles. The Bertz CT molecular complexity index is 1040. The molecule has 1 aliphatic rings. The van der Waals surface area contributed by atoms with Crippen molar-refractivity contribution >= 4 is 11.8 Å². The molecule has 4 rings (SSSR count). The van der Waals surface area contributed by atoms with Gasteiger partial charge in [0.2, 0.25) is 5.91 Å². The van der Waals surface area contributed by atoms with E-state index in [1.165, 1.54) is 12.7 Å². The average Bonchev–Trinajstić information content (AvgIpc) is 3.40. The maximum Gasteiger partial charge on any atom is 0.290 e. The van der Waals surface area contributed by atoms with E-state index >= 15 is 0 Å². The van der Waals surface area contributed by atoms with Gasteiger partial charge in [0, 0.05) is 11.6 Å². The van der Waals surface area contributed by atoms with Crippen LogP contribution in [0.2, 0.25) is 0 Å². The van der Waals surface area contributed by atoms with Crippen LogP contribution in [0.4, 0.5) is 0 Å². The van der Waals surface area contributed by atoms with E-state index < -0.39 is 6.04 Å². The fourth-order valence-corrected chi connectivity index (χ4v) is 4.47. The number of ether oxygens (including phenoxy) is 1. The number of hydrogen-bond donors (Lipinski definition) is 1. The zero-order valence-electron chi connectivity index (χ0n) is 18.9. The molecule has 6 nitrogen and oxygen atoms in total. The molecule has 0 aliphatic heterocycles. The Morgan fingerprint density at radius 2 is 1.73 bits per heavy atom. The summed E-state index contributed by atoms with van der Waals surface area (Å²) < 4.78 is 11.0. The molecular formula is C27H30N2O4. The molecule has 1 fully saturated rings. The number of methoxy groups -OCH3 is 1. The van der Waals surface area contributed by atoms with Crippen LogP contribution < -0.4 is 10.1 Å². The first-order valence-corrected chi connectivity index (χ1v) is 11.5. The lowest BCUT2D eigenvalue weighted by Crippen LogP contribution is -2.46. The van der Waals surface area contributed by atoms with Gasteiger partial charge in [-0.1, -0.05) is 67.8 Å². The van der Waals surface area contributed by atoms with Crippen LogP contribution in [0, 0.1) is 0 Å². The summed E-state index contributed by atoms with van der Waals surface area (Å²) in [5.74, 6) is 0.326. The van der Waals surface area contributed by atoms with Gasteiger partial charge in [0.05, 0.1) is 19.9 Å². The number of para-hydroxylation sites is 1. The summed E-state index contributed by atoms with van der Waals surface area (Å²) in [6, 6.07) is 19.6. The maximum atomic E-state index is 13.7. The van der Waals surface area contributed by atoms with Gasteiger partial charge < -0.3 is 19.4 Å². The predicted molar refractivity (Wildman–Crippen MR) is 126 cm³/mol. The normalized spacial score (nSPS) is 14.9. The third kappa shape index (κ3) is 5.45. The average molecular weight is 447 g/mol. The van der Waals surface area contributed by atoms with Gasteiger partial charge in [-0.15, -0.1) is 0 Å². The van der Waals surface area contributed by atoms with Crippen LogP contribution in [0.15, 0.2) is 77.4 Å². The van der Waals surface area contributed by atoms with E-state index in [1.807, 2.05) is 54.6 Å². The summed E-state index contributed by atoms with van der Waals surface area (Å²) in [5, 5.41) is 3.22. The van der Waals surface area contributed by atoms with E-state index in [0.29, 0.717) is 5.75 Å². The molecule has 1 atom stereocenters. The van der Waals surface area contributed by atoms with Crippen molar-refractivity contribution in [2.24, 2.45) is 0 Å². The fourth-order valence-electron chi connectivity index (χ4n) is 4.47. The Balaban J connectivity index is 1.73. The van der Waals surface area contributed by atoms with Crippen LogP contribution in [0.25, 0.3) is 0 Å². The molecule has 2 amide bonds.